The van der Waals surface area contributed by atoms with Gasteiger partial charge in [0, 0.05) is 6.20 Å². The highest BCUT2D eigenvalue weighted by Gasteiger charge is 1.91. The number of aliphatic imine (C=N–C) groups is 1. The first kappa shape index (κ1) is 12.4. The quantitative estimate of drug-likeness (QED) is 0.375. The molecule has 0 aliphatic rings. The van der Waals surface area contributed by atoms with Crippen LogP contribution >= 0.6 is 11.8 Å². The lowest BCUT2D eigenvalue weighted by Gasteiger charge is -2.00. The van der Waals surface area contributed by atoms with Crippen molar-refractivity contribution in [2.75, 3.05) is 12.8 Å². The number of pyridine rings is 1. The number of nitrogens with zero attached hydrogens (tertiary/aromatic N) is 3. The van der Waals surface area contributed by atoms with Gasteiger partial charge < -0.3 is 0 Å². The van der Waals surface area contributed by atoms with Gasteiger partial charge in [-0.25, -0.2) is 0 Å². The fourth-order valence-corrected chi connectivity index (χ4v) is 1.25. The van der Waals surface area contributed by atoms with Crippen LogP contribution in [0.2, 0.25) is 0 Å². The molecule has 1 rings (SSSR count). The molecule has 84 valence electrons. The summed E-state index contributed by atoms with van der Waals surface area (Å²) < 4.78 is 0. The summed E-state index contributed by atoms with van der Waals surface area (Å²) in [5, 5.41) is 4.80. The monoisotopic (exact) mass is 234 g/mol. The van der Waals surface area contributed by atoms with Crippen molar-refractivity contribution >= 4 is 23.1 Å². The van der Waals surface area contributed by atoms with Gasteiger partial charge in [-0.1, -0.05) is 23.9 Å². The summed E-state index contributed by atoms with van der Waals surface area (Å²) in [4.78, 5) is 8.32. The minimum atomic E-state index is 0.586. The smallest absolute Gasteiger partial charge is 0.177 e. The molecule has 1 heterocycles. The van der Waals surface area contributed by atoms with E-state index in [-0.39, 0.29) is 0 Å². The Morgan fingerprint density at radius 2 is 2.50 bits per heavy atom. The number of aromatic nitrogens is 1. The minimum absolute atomic E-state index is 0.586. The maximum absolute atomic E-state index is 4.21. The molecule has 1 aromatic heterocycles. The summed E-state index contributed by atoms with van der Waals surface area (Å²) in [7, 11) is 0. The van der Waals surface area contributed by atoms with E-state index in [1.54, 1.807) is 18.5 Å². The molecule has 0 spiro atoms. The molecule has 0 bridgehead atoms. The molecule has 0 aromatic carbocycles. The standard InChI is InChI=1S/C11H14N4S/c1-3-7-13-11(16-2)15-14-9-10-6-4-5-8-12-10/h3-6,8-9H,1,7H2,2H3,(H,13,15). The van der Waals surface area contributed by atoms with Crippen LogP contribution in [0.3, 0.4) is 0 Å². The highest BCUT2D eigenvalue weighted by atomic mass is 32.2. The van der Waals surface area contributed by atoms with Gasteiger partial charge in [0.15, 0.2) is 5.17 Å². The molecule has 0 saturated carbocycles. The molecule has 0 aliphatic heterocycles. The van der Waals surface area contributed by atoms with Gasteiger partial charge in [0.2, 0.25) is 0 Å². The van der Waals surface area contributed by atoms with Crippen LogP contribution in [0.5, 0.6) is 0 Å². The van der Waals surface area contributed by atoms with Crippen molar-refractivity contribution in [3.8, 4) is 0 Å². The van der Waals surface area contributed by atoms with Gasteiger partial charge in [0.25, 0.3) is 0 Å². The minimum Gasteiger partial charge on any atom is -0.257 e. The molecule has 0 unspecified atom stereocenters. The number of hydrazone groups is 1. The van der Waals surface area contributed by atoms with E-state index in [4.69, 9.17) is 0 Å². The third kappa shape index (κ3) is 4.75. The zero-order chi connectivity index (χ0) is 11.6. The summed E-state index contributed by atoms with van der Waals surface area (Å²) in [6.07, 6.45) is 7.05. The lowest BCUT2D eigenvalue weighted by Crippen LogP contribution is -2.14. The van der Waals surface area contributed by atoms with Crippen LogP contribution in [-0.2, 0) is 0 Å². The van der Waals surface area contributed by atoms with E-state index in [9.17, 15) is 0 Å². The fraction of sp³-hybridized carbons (Fsp3) is 0.182. The Labute approximate surface area is 99.6 Å². The second-order valence-corrected chi connectivity index (χ2v) is 3.56. The zero-order valence-corrected chi connectivity index (χ0v) is 9.94. The first-order valence-electron chi connectivity index (χ1n) is 4.76. The maximum Gasteiger partial charge on any atom is 0.177 e. The molecule has 1 aromatic rings. The second-order valence-electron chi connectivity index (χ2n) is 2.76. The Hall–Kier alpha value is -1.62. The van der Waals surface area contributed by atoms with Crippen molar-refractivity contribution in [2.24, 2.45) is 10.1 Å². The topological polar surface area (TPSA) is 49.6 Å². The Kier molecular flexibility index (Phi) is 5.95. The van der Waals surface area contributed by atoms with Crippen LogP contribution < -0.4 is 5.43 Å². The van der Waals surface area contributed by atoms with Crippen LogP contribution in [0.15, 0.2) is 47.1 Å². The maximum atomic E-state index is 4.21. The Morgan fingerprint density at radius 3 is 3.12 bits per heavy atom. The number of hydrogen-bond acceptors (Lipinski definition) is 4. The Morgan fingerprint density at radius 1 is 1.62 bits per heavy atom. The first-order chi connectivity index (χ1) is 7.86. The van der Waals surface area contributed by atoms with E-state index in [1.165, 1.54) is 11.8 Å². The number of hydrogen-bond donors (Lipinski definition) is 1. The molecule has 0 aliphatic carbocycles. The lowest BCUT2D eigenvalue weighted by molar-refractivity contribution is 1.03. The summed E-state index contributed by atoms with van der Waals surface area (Å²) in [5.74, 6) is 0. The molecule has 16 heavy (non-hydrogen) atoms. The average Bonchev–Trinajstić information content (AvgIpc) is 2.35. The Balaban J connectivity index is 2.49. The van der Waals surface area contributed by atoms with Crippen molar-refractivity contribution in [3.05, 3.63) is 42.7 Å². The molecule has 0 atom stereocenters. The highest BCUT2D eigenvalue weighted by Crippen LogP contribution is 1.95. The van der Waals surface area contributed by atoms with E-state index < -0.39 is 0 Å². The van der Waals surface area contributed by atoms with Crippen molar-refractivity contribution in [3.63, 3.8) is 0 Å². The zero-order valence-electron chi connectivity index (χ0n) is 9.13. The van der Waals surface area contributed by atoms with Gasteiger partial charge in [0.1, 0.15) is 0 Å². The van der Waals surface area contributed by atoms with E-state index in [2.05, 4.69) is 27.1 Å². The predicted octanol–water partition coefficient (Wildman–Crippen LogP) is 1.91. The van der Waals surface area contributed by atoms with Gasteiger partial charge in [0.05, 0.1) is 18.5 Å². The van der Waals surface area contributed by atoms with Crippen molar-refractivity contribution in [1.29, 1.82) is 0 Å². The van der Waals surface area contributed by atoms with Crippen LogP contribution in [0.25, 0.3) is 0 Å². The molecule has 1 N–H and O–H groups in total. The van der Waals surface area contributed by atoms with Gasteiger partial charge >= 0.3 is 0 Å². The van der Waals surface area contributed by atoms with E-state index in [1.807, 2.05) is 24.5 Å². The first-order valence-corrected chi connectivity index (χ1v) is 5.98. The molecular formula is C11H14N4S. The molecule has 0 radical (unpaired) electrons. The molecule has 0 fully saturated rings. The van der Waals surface area contributed by atoms with Gasteiger partial charge in [-0.2, -0.15) is 5.10 Å². The summed E-state index contributed by atoms with van der Waals surface area (Å²) in [5.41, 5.74) is 3.65. The van der Waals surface area contributed by atoms with Crippen molar-refractivity contribution < 1.29 is 0 Å². The summed E-state index contributed by atoms with van der Waals surface area (Å²) >= 11 is 1.50. The number of amidine groups is 1. The van der Waals surface area contributed by atoms with Gasteiger partial charge in [-0.05, 0) is 18.4 Å². The normalized spacial score (nSPS) is 11.7. The third-order valence-electron chi connectivity index (χ3n) is 1.60. The average molecular weight is 234 g/mol. The Bertz CT molecular complexity index is 373. The van der Waals surface area contributed by atoms with E-state index >= 15 is 0 Å². The lowest BCUT2D eigenvalue weighted by atomic mass is 10.4. The number of nitrogens with one attached hydrogen (secondary N) is 1. The SMILES string of the molecule is C=CCN=C(NN=Cc1ccccn1)SC. The molecule has 0 saturated heterocycles. The number of thioether (sulfide) groups is 1. The number of rotatable bonds is 4. The van der Waals surface area contributed by atoms with Crippen LogP contribution in [0.4, 0.5) is 0 Å². The van der Waals surface area contributed by atoms with E-state index in [0.717, 1.165) is 10.9 Å². The largest absolute Gasteiger partial charge is 0.257 e. The molecular weight excluding hydrogens is 220 g/mol. The van der Waals surface area contributed by atoms with Gasteiger partial charge in [-0.3, -0.25) is 15.4 Å². The van der Waals surface area contributed by atoms with Crippen LogP contribution in [-0.4, -0.2) is 29.2 Å². The molecule has 4 nitrogen and oxygen atoms in total. The summed E-state index contributed by atoms with van der Waals surface area (Å²) in [6, 6.07) is 5.66. The van der Waals surface area contributed by atoms with Crippen LogP contribution in [0, 0.1) is 0 Å². The van der Waals surface area contributed by atoms with Gasteiger partial charge in [-0.15, -0.1) is 6.58 Å². The van der Waals surface area contributed by atoms with E-state index in [0.29, 0.717) is 6.54 Å². The fourth-order valence-electron chi connectivity index (χ4n) is 0.899. The third-order valence-corrected chi connectivity index (χ3v) is 2.21. The van der Waals surface area contributed by atoms with Crippen LogP contribution in [0.1, 0.15) is 5.69 Å². The molecule has 0 amide bonds. The highest BCUT2D eigenvalue weighted by molar-refractivity contribution is 8.13. The van der Waals surface area contributed by atoms with Crippen molar-refractivity contribution in [2.45, 2.75) is 0 Å². The van der Waals surface area contributed by atoms with Crippen molar-refractivity contribution in [1.82, 2.24) is 10.4 Å². The predicted molar refractivity (Wildman–Crippen MR) is 71.0 cm³/mol. The molecule has 5 heteroatoms. The summed E-state index contributed by atoms with van der Waals surface area (Å²) in [6.45, 7) is 4.19. The second kappa shape index (κ2) is 7.64.